The minimum atomic E-state index is -1.19. The molecular weight excluding hydrogens is 547 g/mol. The van der Waals surface area contributed by atoms with Crippen molar-refractivity contribution in [3.63, 3.8) is 0 Å². The van der Waals surface area contributed by atoms with Gasteiger partial charge in [0.1, 0.15) is 46.6 Å². The van der Waals surface area contributed by atoms with Gasteiger partial charge in [-0.3, -0.25) is 4.79 Å². The summed E-state index contributed by atoms with van der Waals surface area (Å²) in [6, 6.07) is 16.6. The van der Waals surface area contributed by atoms with Crippen LogP contribution in [0.15, 0.2) is 66.5 Å². The Balaban J connectivity index is 1.32. The molecule has 1 amide bonds. The minimum absolute atomic E-state index is 0.141. The largest absolute Gasteiger partial charge is 0.457 e. The number of rotatable bonds is 8. The highest BCUT2D eigenvalue weighted by Crippen LogP contribution is 2.49. The van der Waals surface area contributed by atoms with Gasteiger partial charge >= 0.3 is 0 Å². The van der Waals surface area contributed by atoms with Crippen LogP contribution in [0.1, 0.15) is 44.2 Å². The zero-order chi connectivity index (χ0) is 30.1. The Morgan fingerprint density at radius 3 is 2.81 bits per heavy atom. The molecule has 4 atom stereocenters. The lowest BCUT2D eigenvalue weighted by molar-refractivity contribution is -0.129. The van der Waals surface area contributed by atoms with Crippen LogP contribution in [0.4, 0.5) is 16.0 Å². The molecule has 1 saturated heterocycles. The smallest absolute Gasteiger partial charge is 0.264 e. The van der Waals surface area contributed by atoms with Crippen molar-refractivity contribution < 1.29 is 13.9 Å². The third kappa shape index (κ3) is 5.51. The number of nitrogen functional groups attached to an aromatic ring is 1. The Morgan fingerprint density at radius 2 is 2.07 bits per heavy atom. The monoisotopic (exact) mass is 582 g/mol. The Labute approximate surface area is 250 Å². The average Bonchev–Trinajstić information content (AvgIpc) is 3.60. The molecule has 0 spiro atoms. The van der Waals surface area contributed by atoms with Gasteiger partial charge in [0.15, 0.2) is 5.82 Å². The molecule has 5 N–H and O–H groups in total. The summed E-state index contributed by atoms with van der Waals surface area (Å²) in [6.45, 7) is 4.93. The average molecular weight is 583 g/mol. The van der Waals surface area contributed by atoms with E-state index in [2.05, 4.69) is 46.1 Å². The number of nitriles is 1. The molecule has 2 fully saturated rings. The standard InChI is InChI=1S/C32H35FN8O2/c1-19(2)38-27-14-20(27)13-21(16-34)31(42)41-12-6-7-22(17-41)32(28-29(35)36-18-37-30(28)39-40-32)25-11-10-24(15-26(25)33)43-23-8-4-3-5-9-23/h3-5,8-11,13,15,18-20,22,27,38,40H,6-7,12,14,17H2,1-2H3,(H3,35,36,37,39)/t20-,22?,27?,32?/m0/s1. The second kappa shape index (κ2) is 11.6. The maximum atomic E-state index is 16.2. The van der Waals surface area contributed by atoms with E-state index in [1.165, 1.54) is 12.4 Å². The molecule has 3 aliphatic rings. The van der Waals surface area contributed by atoms with Gasteiger partial charge in [0, 0.05) is 42.7 Å². The fraction of sp³-hybridized carbons (Fsp3) is 0.375. The second-order valence-electron chi connectivity index (χ2n) is 11.7. The zero-order valence-electron chi connectivity index (χ0n) is 24.2. The normalized spacial score (nSPS) is 24.7. The number of likely N-dealkylation sites (tertiary alicyclic amines) is 1. The number of carbonyl (C=O) groups excluding carboxylic acids is 1. The number of halogens is 1. The van der Waals surface area contributed by atoms with Crippen LogP contribution in [-0.4, -0.2) is 45.9 Å². The summed E-state index contributed by atoms with van der Waals surface area (Å²) in [4.78, 5) is 23.9. The topological polar surface area (TPSA) is 141 Å². The minimum Gasteiger partial charge on any atom is -0.457 e. The molecule has 11 heteroatoms. The van der Waals surface area contributed by atoms with Crippen LogP contribution in [0.5, 0.6) is 11.5 Å². The van der Waals surface area contributed by atoms with Gasteiger partial charge in [-0.05, 0) is 43.4 Å². The number of benzene rings is 2. The molecule has 6 rings (SSSR count). The molecular formula is C32H35FN8O2. The van der Waals surface area contributed by atoms with E-state index in [1.807, 2.05) is 18.2 Å². The van der Waals surface area contributed by atoms with Crippen LogP contribution in [-0.2, 0) is 10.3 Å². The summed E-state index contributed by atoms with van der Waals surface area (Å²) >= 11 is 0. The highest BCUT2D eigenvalue weighted by atomic mass is 19.1. The number of nitrogens with two attached hydrogens (primary N) is 1. The lowest BCUT2D eigenvalue weighted by atomic mass is 9.70. The first-order valence-corrected chi connectivity index (χ1v) is 14.6. The Kier molecular flexibility index (Phi) is 7.73. The number of nitrogens with zero attached hydrogens (tertiary/aromatic N) is 4. The van der Waals surface area contributed by atoms with Gasteiger partial charge in [0.05, 0.1) is 5.56 Å². The van der Waals surface area contributed by atoms with Gasteiger partial charge in [0.2, 0.25) is 0 Å². The van der Waals surface area contributed by atoms with Crippen molar-refractivity contribution in [3.05, 3.63) is 83.5 Å². The predicted octanol–water partition coefficient (Wildman–Crippen LogP) is 4.24. The third-order valence-electron chi connectivity index (χ3n) is 8.43. The van der Waals surface area contributed by atoms with Gasteiger partial charge in [-0.2, -0.15) is 5.26 Å². The van der Waals surface area contributed by atoms with Crippen LogP contribution in [0.3, 0.4) is 0 Å². The fourth-order valence-corrected chi connectivity index (χ4v) is 6.41. The number of hydrazine groups is 1. The quantitative estimate of drug-likeness (QED) is 0.227. The van der Waals surface area contributed by atoms with E-state index in [4.69, 9.17) is 10.5 Å². The number of carbonyl (C=O) groups is 1. The highest BCUT2D eigenvalue weighted by molar-refractivity contribution is 5.97. The van der Waals surface area contributed by atoms with E-state index >= 15 is 4.39 Å². The molecule has 222 valence electrons. The maximum Gasteiger partial charge on any atom is 0.264 e. The molecule has 1 aliphatic carbocycles. The van der Waals surface area contributed by atoms with E-state index in [0.29, 0.717) is 53.9 Å². The summed E-state index contributed by atoms with van der Waals surface area (Å²) in [7, 11) is 0. The lowest BCUT2D eigenvalue weighted by Gasteiger charge is -2.43. The van der Waals surface area contributed by atoms with Crippen molar-refractivity contribution in [3.8, 4) is 17.6 Å². The summed E-state index contributed by atoms with van der Waals surface area (Å²) in [6.07, 6.45) is 5.38. The SMILES string of the molecule is CC(C)NC1C[C@@H]1C=C(C#N)C(=O)N1CCCC(C2(c3ccc(Oc4ccccc4)cc3F)NNc3ncnc(N)c32)C1. The summed E-state index contributed by atoms with van der Waals surface area (Å²) in [5.74, 6) is 0.626. The maximum absolute atomic E-state index is 16.2. The van der Waals surface area contributed by atoms with E-state index in [9.17, 15) is 10.1 Å². The van der Waals surface area contributed by atoms with Crippen LogP contribution in [0.25, 0.3) is 0 Å². The Morgan fingerprint density at radius 1 is 1.26 bits per heavy atom. The fourth-order valence-electron chi connectivity index (χ4n) is 6.41. The summed E-state index contributed by atoms with van der Waals surface area (Å²) < 4.78 is 22.1. The number of para-hydroxylation sites is 1. The number of hydrogen-bond acceptors (Lipinski definition) is 9. The molecule has 10 nitrogen and oxygen atoms in total. The van der Waals surface area contributed by atoms with E-state index < -0.39 is 11.4 Å². The molecule has 1 saturated carbocycles. The number of anilines is 2. The van der Waals surface area contributed by atoms with Gasteiger partial charge in [-0.15, -0.1) is 0 Å². The van der Waals surface area contributed by atoms with Crippen molar-refractivity contribution in [2.24, 2.45) is 11.8 Å². The second-order valence-corrected chi connectivity index (χ2v) is 11.7. The number of nitrogens with one attached hydrogen (secondary N) is 3. The van der Waals surface area contributed by atoms with Gasteiger partial charge < -0.3 is 26.1 Å². The Bertz CT molecular complexity index is 1590. The van der Waals surface area contributed by atoms with E-state index in [0.717, 1.165) is 6.42 Å². The number of fused-ring (bicyclic) bond motifs is 1. The number of ether oxygens (including phenoxy) is 1. The molecule has 3 heterocycles. The number of piperidine rings is 1. The molecule has 0 bridgehead atoms. The van der Waals surface area contributed by atoms with Crippen LogP contribution in [0.2, 0.25) is 0 Å². The number of amides is 1. The van der Waals surface area contributed by atoms with Crippen molar-refractivity contribution in [2.45, 2.75) is 50.7 Å². The predicted molar refractivity (Wildman–Crippen MR) is 160 cm³/mol. The highest BCUT2D eigenvalue weighted by Gasteiger charge is 2.52. The van der Waals surface area contributed by atoms with E-state index in [-0.39, 0.29) is 41.7 Å². The van der Waals surface area contributed by atoms with Crippen LogP contribution >= 0.6 is 0 Å². The molecule has 1 aromatic heterocycles. The van der Waals surface area contributed by atoms with Crippen molar-refractivity contribution in [1.29, 1.82) is 5.26 Å². The molecule has 2 aromatic carbocycles. The summed E-state index contributed by atoms with van der Waals surface area (Å²) in [5.41, 5.74) is 12.6. The zero-order valence-corrected chi connectivity index (χ0v) is 24.2. The van der Waals surface area contributed by atoms with Gasteiger partial charge in [-0.1, -0.05) is 44.2 Å². The molecule has 2 aliphatic heterocycles. The van der Waals surface area contributed by atoms with Crippen LogP contribution in [0, 0.1) is 29.0 Å². The molecule has 3 aromatic rings. The van der Waals surface area contributed by atoms with Gasteiger partial charge in [-0.25, -0.2) is 19.8 Å². The third-order valence-corrected chi connectivity index (χ3v) is 8.43. The van der Waals surface area contributed by atoms with Gasteiger partial charge in [0.25, 0.3) is 5.91 Å². The van der Waals surface area contributed by atoms with Crippen molar-refractivity contribution >= 4 is 17.5 Å². The van der Waals surface area contributed by atoms with Crippen LogP contribution < -0.4 is 26.6 Å². The first-order chi connectivity index (χ1) is 20.8. The Hall–Kier alpha value is -4.53. The lowest BCUT2D eigenvalue weighted by Crippen LogP contribution is -2.54. The first kappa shape index (κ1) is 28.6. The summed E-state index contributed by atoms with van der Waals surface area (Å²) in [5, 5.41) is 13.4. The van der Waals surface area contributed by atoms with Crippen molar-refractivity contribution in [2.75, 3.05) is 24.2 Å². The molecule has 3 unspecified atom stereocenters. The number of aromatic nitrogens is 2. The van der Waals surface area contributed by atoms with E-state index in [1.54, 1.807) is 35.2 Å². The first-order valence-electron chi connectivity index (χ1n) is 14.6. The molecule has 43 heavy (non-hydrogen) atoms. The number of hydrogen-bond donors (Lipinski definition) is 4. The van der Waals surface area contributed by atoms with Crippen molar-refractivity contribution in [1.82, 2.24) is 25.6 Å². The molecule has 0 radical (unpaired) electrons.